The number of anilines is 1. The average Bonchev–Trinajstić information content (AvgIpc) is 2.96. The van der Waals surface area contributed by atoms with E-state index in [1.807, 2.05) is 6.07 Å². The van der Waals surface area contributed by atoms with Crippen molar-refractivity contribution in [3.8, 4) is 6.07 Å². The molecule has 2 heterocycles. The van der Waals surface area contributed by atoms with Gasteiger partial charge in [-0.05, 0) is 37.6 Å². The lowest BCUT2D eigenvalue weighted by Crippen LogP contribution is -2.56. The molecule has 1 amide bonds. The number of amides is 1. The number of nitrogens with zero attached hydrogens (tertiary/aromatic N) is 4. The maximum Gasteiger partial charge on any atom is 0.280 e. The number of nitrogens with one attached hydrogen (secondary N) is 2. The Labute approximate surface area is 157 Å². The number of hydrogen-bond donors (Lipinski definition) is 2. The predicted octanol–water partition coefficient (Wildman–Crippen LogP) is 0.819. The number of rotatable bonds is 3. The summed E-state index contributed by atoms with van der Waals surface area (Å²) in [7, 11) is -0.689. The zero-order chi connectivity index (χ0) is 19.8. The van der Waals surface area contributed by atoms with Crippen LogP contribution in [-0.4, -0.2) is 41.5 Å². The molecule has 2 aromatic rings. The van der Waals surface area contributed by atoms with Crippen molar-refractivity contribution in [3.63, 3.8) is 0 Å². The minimum atomic E-state index is -3.82. The van der Waals surface area contributed by atoms with E-state index < -0.39 is 28.2 Å². The van der Waals surface area contributed by atoms with Gasteiger partial charge in [-0.2, -0.15) is 27.8 Å². The largest absolute Gasteiger partial charge is 0.325 e. The quantitative estimate of drug-likeness (QED) is 0.806. The zero-order valence-corrected chi connectivity index (χ0v) is 16.0. The second-order valence-electron chi connectivity index (χ2n) is 6.47. The first-order valence-corrected chi connectivity index (χ1v) is 9.71. The van der Waals surface area contributed by atoms with Crippen molar-refractivity contribution in [3.05, 3.63) is 47.3 Å². The topological polar surface area (TPSA) is 120 Å². The number of aromatic nitrogens is 2. The van der Waals surface area contributed by atoms with Gasteiger partial charge in [-0.25, -0.2) is 0 Å². The molecule has 0 radical (unpaired) electrons. The van der Waals surface area contributed by atoms with E-state index in [0.717, 1.165) is 9.87 Å². The van der Waals surface area contributed by atoms with Crippen LogP contribution >= 0.6 is 0 Å². The van der Waals surface area contributed by atoms with Gasteiger partial charge in [-0.1, -0.05) is 0 Å². The number of hydrogen-bond acceptors (Lipinski definition) is 5. The summed E-state index contributed by atoms with van der Waals surface area (Å²) in [4.78, 5) is 12.8. The summed E-state index contributed by atoms with van der Waals surface area (Å²) in [6.45, 7) is 1.80. The van der Waals surface area contributed by atoms with Crippen molar-refractivity contribution in [1.82, 2.24) is 18.8 Å². The van der Waals surface area contributed by atoms with Crippen LogP contribution in [0.4, 0.5) is 5.69 Å². The monoisotopic (exact) mass is 388 g/mol. The molecule has 1 aromatic heterocycles. The Morgan fingerprint density at radius 3 is 2.56 bits per heavy atom. The molecule has 1 aromatic carbocycles. The fourth-order valence-electron chi connectivity index (χ4n) is 3.13. The molecule has 142 valence electrons. The molecule has 0 bridgehead atoms. The lowest BCUT2D eigenvalue weighted by Gasteiger charge is -2.36. The third kappa shape index (κ3) is 3.85. The Morgan fingerprint density at radius 2 is 2.00 bits per heavy atom. The van der Waals surface area contributed by atoms with Crippen LogP contribution in [0.1, 0.15) is 29.3 Å². The van der Waals surface area contributed by atoms with E-state index in [4.69, 9.17) is 5.26 Å². The summed E-state index contributed by atoms with van der Waals surface area (Å²) in [6, 6.07) is 6.96. The highest BCUT2D eigenvalue weighted by atomic mass is 32.2. The van der Waals surface area contributed by atoms with E-state index in [0.29, 0.717) is 16.9 Å². The van der Waals surface area contributed by atoms with Crippen LogP contribution in [0, 0.1) is 18.3 Å². The van der Waals surface area contributed by atoms with E-state index in [-0.39, 0.29) is 6.42 Å². The molecular formula is C17H20N6O3S. The third-order valence-corrected chi connectivity index (χ3v) is 6.17. The average molecular weight is 388 g/mol. The van der Waals surface area contributed by atoms with Crippen LogP contribution in [0.15, 0.2) is 30.5 Å². The molecule has 27 heavy (non-hydrogen) atoms. The van der Waals surface area contributed by atoms with Crippen LogP contribution in [0.25, 0.3) is 0 Å². The Kier molecular flexibility index (Phi) is 5.01. The number of benzene rings is 1. The molecule has 2 atom stereocenters. The molecule has 10 heteroatoms. The molecular weight excluding hydrogens is 368 g/mol. The Morgan fingerprint density at radius 1 is 1.33 bits per heavy atom. The summed E-state index contributed by atoms with van der Waals surface area (Å²) >= 11 is 0. The van der Waals surface area contributed by atoms with Gasteiger partial charge in [0.25, 0.3) is 10.2 Å². The van der Waals surface area contributed by atoms with E-state index in [2.05, 4.69) is 15.1 Å². The number of likely N-dealkylation sites (N-methyl/N-ethyl adjacent to an activating group) is 1. The van der Waals surface area contributed by atoms with Gasteiger partial charge >= 0.3 is 0 Å². The first-order chi connectivity index (χ1) is 12.7. The van der Waals surface area contributed by atoms with Crippen molar-refractivity contribution in [2.24, 2.45) is 7.05 Å². The number of nitriles is 1. The van der Waals surface area contributed by atoms with Gasteiger partial charge in [-0.3, -0.25) is 9.48 Å². The lowest BCUT2D eigenvalue weighted by molar-refractivity contribution is -0.120. The fraction of sp³-hybridized carbons (Fsp3) is 0.353. The van der Waals surface area contributed by atoms with Gasteiger partial charge in [0.15, 0.2) is 0 Å². The van der Waals surface area contributed by atoms with Crippen LogP contribution in [0.2, 0.25) is 0 Å². The van der Waals surface area contributed by atoms with Crippen LogP contribution < -0.4 is 10.0 Å². The van der Waals surface area contributed by atoms with Crippen molar-refractivity contribution in [2.75, 3.05) is 12.4 Å². The van der Waals surface area contributed by atoms with Crippen molar-refractivity contribution in [2.45, 2.75) is 25.4 Å². The molecule has 2 N–H and O–H groups in total. The van der Waals surface area contributed by atoms with E-state index in [1.165, 1.54) is 7.05 Å². The highest BCUT2D eigenvalue weighted by Gasteiger charge is 2.41. The van der Waals surface area contributed by atoms with E-state index in [9.17, 15) is 13.2 Å². The predicted molar refractivity (Wildman–Crippen MR) is 98.7 cm³/mol. The highest BCUT2D eigenvalue weighted by Crippen LogP contribution is 2.29. The normalized spacial score (nSPS) is 22.1. The highest BCUT2D eigenvalue weighted by molar-refractivity contribution is 7.87. The standard InChI is InChI=1S/C17H20N6O3S/c1-11-14(10-22(2)20-11)15-8-16(23(3)27(25,26)21-15)17(24)19-13-6-4-12(9-18)5-7-13/h4-7,10,15-16,21H,8H2,1-3H3,(H,19,24)/t15-,16-/m1/s1. The molecule has 1 aliphatic heterocycles. The summed E-state index contributed by atoms with van der Waals surface area (Å²) in [5.41, 5.74) is 2.42. The molecule has 1 saturated heterocycles. The van der Waals surface area contributed by atoms with Gasteiger partial charge in [0.05, 0.1) is 23.4 Å². The maximum absolute atomic E-state index is 12.8. The van der Waals surface area contributed by atoms with Gasteiger partial charge in [0.1, 0.15) is 6.04 Å². The molecule has 9 nitrogen and oxygen atoms in total. The molecule has 3 rings (SSSR count). The molecule has 0 saturated carbocycles. The van der Waals surface area contributed by atoms with Crippen molar-refractivity contribution in [1.29, 1.82) is 5.26 Å². The Hall–Kier alpha value is -2.74. The molecule has 1 aliphatic rings. The van der Waals surface area contributed by atoms with Gasteiger partial charge in [0, 0.05) is 31.5 Å². The maximum atomic E-state index is 12.8. The molecule has 1 fully saturated rings. The first-order valence-electron chi connectivity index (χ1n) is 8.27. The van der Waals surface area contributed by atoms with E-state index in [1.54, 1.807) is 49.1 Å². The smallest absolute Gasteiger partial charge is 0.280 e. The van der Waals surface area contributed by atoms with Gasteiger partial charge < -0.3 is 5.32 Å². The van der Waals surface area contributed by atoms with Crippen LogP contribution in [0.3, 0.4) is 0 Å². The van der Waals surface area contributed by atoms with Crippen LogP contribution in [0.5, 0.6) is 0 Å². The minimum Gasteiger partial charge on any atom is -0.325 e. The number of carbonyl (C=O) groups excluding carboxylic acids is 1. The minimum absolute atomic E-state index is 0.268. The lowest BCUT2D eigenvalue weighted by atomic mass is 10.00. The fourth-order valence-corrected chi connectivity index (χ4v) is 4.39. The van der Waals surface area contributed by atoms with E-state index >= 15 is 0 Å². The Balaban J connectivity index is 1.84. The summed E-state index contributed by atoms with van der Waals surface area (Å²) < 4.78 is 30.3. The van der Waals surface area contributed by atoms with Crippen LogP contribution in [-0.2, 0) is 22.1 Å². The summed E-state index contributed by atoms with van der Waals surface area (Å²) in [6.07, 6.45) is 2.02. The Bertz CT molecular complexity index is 1010. The molecule has 0 spiro atoms. The number of carbonyl (C=O) groups is 1. The summed E-state index contributed by atoms with van der Waals surface area (Å²) in [5.74, 6) is -0.432. The first kappa shape index (κ1) is 19.0. The molecule has 0 unspecified atom stereocenters. The second kappa shape index (κ2) is 7.11. The van der Waals surface area contributed by atoms with Crippen molar-refractivity contribution >= 4 is 21.8 Å². The number of aryl methyl sites for hydroxylation is 2. The van der Waals surface area contributed by atoms with Gasteiger partial charge in [0.2, 0.25) is 5.91 Å². The van der Waals surface area contributed by atoms with Gasteiger partial charge in [-0.15, -0.1) is 0 Å². The zero-order valence-electron chi connectivity index (χ0n) is 15.2. The third-order valence-electron chi connectivity index (χ3n) is 4.58. The second-order valence-corrected chi connectivity index (χ2v) is 8.23. The SMILES string of the molecule is Cc1nn(C)cc1[C@H]1C[C@H](C(=O)Nc2ccc(C#N)cc2)N(C)S(=O)(=O)N1. The van der Waals surface area contributed by atoms with Crippen molar-refractivity contribution < 1.29 is 13.2 Å². The molecule has 0 aliphatic carbocycles. The summed E-state index contributed by atoms with van der Waals surface area (Å²) in [5, 5.41) is 15.8.